The molecule has 0 unspecified atom stereocenters. The van der Waals surface area contributed by atoms with Crippen molar-refractivity contribution in [3.63, 3.8) is 0 Å². The molecule has 0 aliphatic carbocycles. The van der Waals surface area contributed by atoms with Crippen LogP contribution in [0.3, 0.4) is 0 Å². The van der Waals surface area contributed by atoms with Gasteiger partial charge in [0.05, 0.1) is 49.7 Å². The second kappa shape index (κ2) is 16.4. The smallest absolute Gasteiger partial charge is 0.307 e. The number of para-hydroxylation sites is 4. The molecule has 4 heterocycles. The van der Waals surface area contributed by atoms with Crippen LogP contribution in [0.4, 0.5) is 13.2 Å². The van der Waals surface area contributed by atoms with Crippen LogP contribution in [0.15, 0.2) is 218 Å². The first-order chi connectivity index (χ1) is 36.2. The largest absolute Gasteiger partial charge is 0.416 e. The molecule has 0 amide bonds. The number of halogens is 3. The summed E-state index contributed by atoms with van der Waals surface area (Å²) in [5, 5.41) is 8.88. The van der Waals surface area contributed by atoms with E-state index in [1.165, 1.54) is 66.9 Å². The number of aryl methyl sites for hydroxylation is 1. The summed E-state index contributed by atoms with van der Waals surface area (Å²) in [7, 11) is 0. The molecule has 0 saturated heterocycles. The fourth-order valence-corrected chi connectivity index (χ4v) is 12.7. The summed E-state index contributed by atoms with van der Waals surface area (Å²) >= 11 is 0. The van der Waals surface area contributed by atoms with Gasteiger partial charge in [0.2, 0.25) is 0 Å². The van der Waals surface area contributed by atoms with Crippen LogP contribution in [0.2, 0.25) is 0 Å². The first-order valence-corrected chi connectivity index (χ1v) is 25.5. The van der Waals surface area contributed by atoms with Crippen molar-refractivity contribution in [3.05, 3.63) is 241 Å². The second-order valence-corrected chi connectivity index (χ2v) is 19.9. The van der Waals surface area contributed by atoms with Gasteiger partial charge in [-0.05, 0) is 127 Å². The van der Waals surface area contributed by atoms with Crippen molar-refractivity contribution < 1.29 is 13.2 Å². The Balaban J connectivity index is 1.04. The highest BCUT2D eigenvalue weighted by Crippen LogP contribution is 2.48. The van der Waals surface area contributed by atoms with E-state index in [1.807, 2.05) is 41.0 Å². The molecule has 4 aromatic heterocycles. The third kappa shape index (κ3) is 6.29. The number of rotatable bonds is 8. The van der Waals surface area contributed by atoms with Crippen molar-refractivity contribution in [2.24, 2.45) is 0 Å². The van der Waals surface area contributed by atoms with E-state index in [9.17, 15) is 13.2 Å². The fraction of sp³-hybridized carbons (Fsp3) is 0.104. The van der Waals surface area contributed by atoms with Gasteiger partial charge in [-0.25, -0.2) is 0 Å². The normalized spacial score (nSPS) is 12.6. The minimum absolute atomic E-state index is 0.373. The molecule has 0 radical (unpaired) electrons. The molecule has 0 bridgehead atoms. The molecule has 10 aromatic carbocycles. The summed E-state index contributed by atoms with van der Waals surface area (Å²) in [5.41, 5.74) is 14.6. The molecule has 358 valence electrons. The molecule has 0 N–H and O–H groups in total. The van der Waals surface area contributed by atoms with Gasteiger partial charge in [-0.1, -0.05) is 141 Å². The van der Waals surface area contributed by atoms with Gasteiger partial charge in [0.1, 0.15) is 0 Å². The fourth-order valence-electron chi connectivity index (χ4n) is 12.7. The van der Waals surface area contributed by atoms with E-state index in [0.717, 1.165) is 85.1 Å². The summed E-state index contributed by atoms with van der Waals surface area (Å²) in [4.78, 5) is 0. The standard InChI is InChI=1S/C67H49F3N4/c1-4-66(5-2,43-30-36-60-56(40-43)54-34-32-52-50-26-12-14-28-58(50)73(48-24-16-18-42(3)38-48)62(52)64(54)71(60)46-20-8-6-9-21-46)44-31-37-61-57(41-44)55-35-33-53-51-27-13-15-29-59(51)74(49-25-17-19-45(39-49)67(68,69)70)63(53)65(55)72(61)47-22-10-7-11-23-47/h6-41H,4-5H2,1-3H3. The second-order valence-electron chi connectivity index (χ2n) is 19.9. The first-order valence-electron chi connectivity index (χ1n) is 25.5. The average molecular weight is 967 g/mol. The lowest BCUT2D eigenvalue weighted by Crippen LogP contribution is -2.26. The maximum absolute atomic E-state index is 14.4. The average Bonchev–Trinajstić information content (AvgIpc) is 4.17. The SMILES string of the molecule is CCC(CC)(c1ccc2c(c1)c1ccc3c4ccccc4n(-c4cccc(C)c4)c3c1n2-c1ccccc1)c1ccc2c(c1)c1ccc3c4ccccc4n(-c4cccc(C(F)(F)F)c4)c3c1n2-c1ccccc1. The van der Waals surface area contributed by atoms with Gasteiger partial charge in [-0.15, -0.1) is 0 Å². The third-order valence-corrected chi connectivity index (χ3v) is 16.2. The number of fused-ring (bicyclic) bond motifs is 14. The Bertz CT molecular complexity index is 4560. The summed E-state index contributed by atoms with van der Waals surface area (Å²) < 4.78 is 52.5. The lowest BCUT2D eigenvalue weighted by Gasteiger charge is -2.33. The van der Waals surface area contributed by atoms with Crippen LogP contribution >= 0.6 is 0 Å². The first kappa shape index (κ1) is 43.9. The van der Waals surface area contributed by atoms with E-state index in [2.05, 4.69) is 192 Å². The van der Waals surface area contributed by atoms with Crippen LogP contribution in [0, 0.1) is 6.92 Å². The zero-order valence-electron chi connectivity index (χ0n) is 41.1. The van der Waals surface area contributed by atoms with Crippen LogP contribution in [0.5, 0.6) is 0 Å². The summed E-state index contributed by atoms with van der Waals surface area (Å²) in [6.45, 7) is 6.77. The number of hydrogen-bond donors (Lipinski definition) is 0. The highest BCUT2D eigenvalue weighted by Gasteiger charge is 2.34. The number of aromatic nitrogens is 4. The monoisotopic (exact) mass is 966 g/mol. The highest BCUT2D eigenvalue weighted by molar-refractivity contribution is 6.25. The molecular weight excluding hydrogens is 918 g/mol. The van der Waals surface area contributed by atoms with E-state index in [-0.39, 0.29) is 5.41 Å². The molecule has 0 aliphatic rings. The molecule has 4 nitrogen and oxygen atoms in total. The Kier molecular flexibility index (Phi) is 9.71. The van der Waals surface area contributed by atoms with E-state index in [4.69, 9.17) is 0 Å². The van der Waals surface area contributed by atoms with Crippen molar-refractivity contribution in [3.8, 4) is 22.7 Å². The minimum atomic E-state index is -4.50. The van der Waals surface area contributed by atoms with Gasteiger partial charge in [-0.2, -0.15) is 13.2 Å². The molecule has 74 heavy (non-hydrogen) atoms. The zero-order valence-corrected chi connectivity index (χ0v) is 41.1. The summed E-state index contributed by atoms with van der Waals surface area (Å²) in [5.74, 6) is 0. The van der Waals surface area contributed by atoms with Crippen LogP contribution in [0.25, 0.3) is 110 Å². The van der Waals surface area contributed by atoms with Crippen molar-refractivity contribution in [1.29, 1.82) is 0 Å². The molecule has 0 saturated carbocycles. The summed E-state index contributed by atoms with van der Waals surface area (Å²) in [6, 6.07) is 75.5. The molecule has 0 aliphatic heterocycles. The highest BCUT2D eigenvalue weighted by atomic mass is 19.4. The number of alkyl halides is 3. The Morgan fingerprint density at radius 2 is 0.689 bits per heavy atom. The Morgan fingerprint density at radius 3 is 1.14 bits per heavy atom. The number of hydrogen-bond acceptors (Lipinski definition) is 0. The predicted molar refractivity (Wildman–Crippen MR) is 301 cm³/mol. The lowest BCUT2D eigenvalue weighted by atomic mass is 9.70. The van der Waals surface area contributed by atoms with Crippen molar-refractivity contribution >= 4 is 87.2 Å². The van der Waals surface area contributed by atoms with Crippen LogP contribution in [-0.4, -0.2) is 18.3 Å². The van der Waals surface area contributed by atoms with Gasteiger partial charge >= 0.3 is 6.18 Å². The molecule has 14 rings (SSSR count). The minimum Gasteiger partial charge on any atom is -0.307 e. The zero-order chi connectivity index (χ0) is 50.0. The van der Waals surface area contributed by atoms with E-state index in [1.54, 1.807) is 6.07 Å². The topological polar surface area (TPSA) is 19.7 Å². The maximum atomic E-state index is 14.4. The van der Waals surface area contributed by atoms with E-state index in [0.29, 0.717) is 5.69 Å². The van der Waals surface area contributed by atoms with E-state index >= 15 is 0 Å². The van der Waals surface area contributed by atoms with Gasteiger partial charge in [0, 0.05) is 71.3 Å². The quantitative estimate of drug-likeness (QED) is 0.145. The number of benzene rings is 10. The van der Waals surface area contributed by atoms with Crippen LogP contribution in [-0.2, 0) is 11.6 Å². The summed E-state index contributed by atoms with van der Waals surface area (Å²) in [6.07, 6.45) is -2.78. The molecule has 0 spiro atoms. The Hall–Kier alpha value is -8.81. The van der Waals surface area contributed by atoms with Crippen LogP contribution in [0.1, 0.15) is 48.9 Å². The molecule has 0 atom stereocenters. The van der Waals surface area contributed by atoms with Crippen molar-refractivity contribution in [2.45, 2.75) is 45.2 Å². The molecular formula is C67H49F3N4. The van der Waals surface area contributed by atoms with Crippen LogP contribution < -0.4 is 0 Å². The van der Waals surface area contributed by atoms with Crippen molar-refractivity contribution in [1.82, 2.24) is 18.3 Å². The Morgan fingerprint density at radius 1 is 0.311 bits per heavy atom. The maximum Gasteiger partial charge on any atom is 0.416 e. The molecule has 0 fully saturated rings. The van der Waals surface area contributed by atoms with Gasteiger partial charge in [0.15, 0.2) is 0 Å². The van der Waals surface area contributed by atoms with Gasteiger partial charge < -0.3 is 18.3 Å². The van der Waals surface area contributed by atoms with Gasteiger partial charge in [0.25, 0.3) is 0 Å². The van der Waals surface area contributed by atoms with Gasteiger partial charge in [-0.3, -0.25) is 0 Å². The van der Waals surface area contributed by atoms with E-state index < -0.39 is 11.7 Å². The number of nitrogens with zero attached hydrogens (tertiary/aromatic N) is 4. The molecule has 7 heteroatoms. The Labute approximate surface area is 425 Å². The third-order valence-electron chi connectivity index (χ3n) is 16.2. The predicted octanol–water partition coefficient (Wildman–Crippen LogP) is 18.5. The van der Waals surface area contributed by atoms with Crippen molar-refractivity contribution in [2.75, 3.05) is 0 Å². The molecule has 14 aromatic rings. The lowest BCUT2D eigenvalue weighted by molar-refractivity contribution is -0.137.